The Labute approximate surface area is 196 Å². The van der Waals surface area contributed by atoms with Crippen LogP contribution in [0.3, 0.4) is 0 Å². The molecule has 0 atom stereocenters. The summed E-state index contributed by atoms with van der Waals surface area (Å²) in [5.74, 6) is 0.579. The summed E-state index contributed by atoms with van der Waals surface area (Å²) < 4.78 is 30.9. The molecular weight excluding hydrogens is 470 g/mol. The molecular formula is C22H24ClN3O4S2. The molecule has 1 saturated heterocycles. The molecule has 170 valence electrons. The average Bonchev–Trinajstić information content (AvgIpc) is 3.25. The Hall–Kier alpha value is -2.36. The second kappa shape index (κ2) is 8.88. The maximum Gasteiger partial charge on any atom is 0.253 e. The molecule has 1 fully saturated rings. The lowest BCUT2D eigenvalue weighted by Gasteiger charge is -2.34. The van der Waals surface area contributed by atoms with Crippen LogP contribution < -0.4 is 9.64 Å². The summed E-state index contributed by atoms with van der Waals surface area (Å²) in [6.45, 7) is 5.67. The number of piperazine rings is 1. The Morgan fingerprint density at radius 1 is 1.09 bits per heavy atom. The third-order valence-electron chi connectivity index (χ3n) is 5.55. The lowest BCUT2D eigenvalue weighted by molar-refractivity contribution is 0.0746. The summed E-state index contributed by atoms with van der Waals surface area (Å²) in [5, 5.41) is 0.984. The van der Waals surface area contributed by atoms with Gasteiger partial charge < -0.3 is 14.5 Å². The van der Waals surface area contributed by atoms with E-state index in [1.54, 1.807) is 44.1 Å². The Balaban J connectivity index is 1.45. The lowest BCUT2D eigenvalue weighted by atomic mass is 10.2. The van der Waals surface area contributed by atoms with E-state index in [1.165, 1.54) is 23.5 Å². The predicted octanol–water partition coefficient (Wildman–Crippen LogP) is 4.10. The summed E-state index contributed by atoms with van der Waals surface area (Å²) >= 11 is 7.85. The fraction of sp³-hybridized carbons (Fsp3) is 0.364. The number of halogens is 1. The highest BCUT2D eigenvalue weighted by Gasteiger charge is 2.26. The van der Waals surface area contributed by atoms with Crippen LogP contribution in [-0.2, 0) is 9.84 Å². The number of carbonyl (C=O) groups excluding carboxylic acids is 1. The van der Waals surface area contributed by atoms with Crippen molar-refractivity contribution in [1.82, 2.24) is 9.88 Å². The number of hydrogen-bond acceptors (Lipinski definition) is 7. The van der Waals surface area contributed by atoms with Crippen molar-refractivity contribution in [1.29, 1.82) is 0 Å². The van der Waals surface area contributed by atoms with Gasteiger partial charge in [-0.15, -0.1) is 0 Å². The van der Waals surface area contributed by atoms with Crippen LogP contribution in [0.25, 0.3) is 10.2 Å². The third-order valence-corrected chi connectivity index (χ3v) is 9.30. The average molecular weight is 494 g/mol. The maximum atomic E-state index is 12.9. The monoisotopic (exact) mass is 493 g/mol. The highest BCUT2D eigenvalue weighted by atomic mass is 35.5. The summed E-state index contributed by atoms with van der Waals surface area (Å²) in [6, 6.07) is 9.81. The summed E-state index contributed by atoms with van der Waals surface area (Å²) in [7, 11) is -1.75. The fourth-order valence-electron chi connectivity index (χ4n) is 3.58. The molecule has 0 bridgehead atoms. The second-order valence-electron chi connectivity index (χ2n) is 7.82. The molecule has 4 rings (SSSR count). The predicted molar refractivity (Wildman–Crippen MR) is 128 cm³/mol. The van der Waals surface area contributed by atoms with E-state index in [2.05, 4.69) is 4.90 Å². The Kier molecular flexibility index (Phi) is 6.33. The number of nitrogens with zero attached hydrogens (tertiary/aromatic N) is 3. The normalized spacial score (nSPS) is 14.9. The van der Waals surface area contributed by atoms with Gasteiger partial charge in [0, 0.05) is 31.7 Å². The number of sulfone groups is 1. The van der Waals surface area contributed by atoms with Gasteiger partial charge in [-0.25, -0.2) is 13.4 Å². The van der Waals surface area contributed by atoms with E-state index < -0.39 is 15.1 Å². The first-order chi connectivity index (χ1) is 15.2. The molecule has 1 aliphatic rings. The van der Waals surface area contributed by atoms with Crippen molar-refractivity contribution >= 4 is 54.0 Å². The number of amides is 1. The van der Waals surface area contributed by atoms with E-state index in [0.29, 0.717) is 42.5 Å². The molecule has 1 amide bonds. The van der Waals surface area contributed by atoms with Crippen molar-refractivity contribution in [3.05, 3.63) is 47.0 Å². The van der Waals surface area contributed by atoms with E-state index in [4.69, 9.17) is 21.3 Å². The summed E-state index contributed by atoms with van der Waals surface area (Å²) in [4.78, 5) is 21.8. The zero-order valence-corrected chi connectivity index (χ0v) is 20.4. The minimum Gasteiger partial charge on any atom is -0.494 e. The van der Waals surface area contributed by atoms with Crippen molar-refractivity contribution in [2.24, 2.45) is 0 Å². The van der Waals surface area contributed by atoms with Crippen molar-refractivity contribution in [3.8, 4) is 5.75 Å². The van der Waals surface area contributed by atoms with Crippen LogP contribution in [0.15, 0.2) is 41.3 Å². The molecule has 1 aliphatic heterocycles. The smallest absolute Gasteiger partial charge is 0.253 e. The van der Waals surface area contributed by atoms with Crippen LogP contribution >= 0.6 is 22.9 Å². The number of anilines is 1. The quantitative estimate of drug-likeness (QED) is 0.532. The van der Waals surface area contributed by atoms with Gasteiger partial charge in [0.2, 0.25) is 0 Å². The van der Waals surface area contributed by atoms with Gasteiger partial charge in [0.25, 0.3) is 5.91 Å². The van der Waals surface area contributed by atoms with Gasteiger partial charge in [-0.2, -0.15) is 0 Å². The number of fused-ring (bicyclic) bond motifs is 1. The molecule has 7 nitrogen and oxygen atoms in total. The van der Waals surface area contributed by atoms with Crippen LogP contribution in [-0.4, -0.2) is 62.7 Å². The van der Waals surface area contributed by atoms with E-state index in [0.717, 1.165) is 15.3 Å². The fourth-order valence-corrected chi connectivity index (χ4v) is 5.95. The van der Waals surface area contributed by atoms with E-state index >= 15 is 0 Å². The van der Waals surface area contributed by atoms with E-state index in [1.807, 2.05) is 6.07 Å². The number of hydrogen-bond donors (Lipinski definition) is 0. The number of ether oxygens (including phenoxy) is 1. The molecule has 32 heavy (non-hydrogen) atoms. The van der Waals surface area contributed by atoms with Crippen LogP contribution in [0.2, 0.25) is 5.02 Å². The number of rotatable bonds is 5. The minimum atomic E-state index is -3.36. The lowest BCUT2D eigenvalue weighted by Crippen LogP contribution is -2.48. The number of carbonyl (C=O) groups is 1. The van der Waals surface area contributed by atoms with Gasteiger partial charge in [0.15, 0.2) is 15.0 Å². The molecule has 0 spiro atoms. The minimum absolute atomic E-state index is 0.104. The molecule has 0 aliphatic carbocycles. The van der Waals surface area contributed by atoms with Gasteiger partial charge in [0.1, 0.15) is 11.3 Å². The van der Waals surface area contributed by atoms with Gasteiger partial charge in [-0.3, -0.25) is 4.79 Å². The van der Waals surface area contributed by atoms with Crippen LogP contribution in [0.4, 0.5) is 5.13 Å². The van der Waals surface area contributed by atoms with E-state index in [-0.39, 0.29) is 10.8 Å². The highest BCUT2D eigenvalue weighted by Crippen LogP contribution is 2.38. The van der Waals surface area contributed by atoms with Crippen LogP contribution in [0, 0.1) is 0 Å². The van der Waals surface area contributed by atoms with Crippen molar-refractivity contribution < 1.29 is 17.9 Å². The first-order valence-corrected chi connectivity index (χ1v) is 13.0. The first kappa shape index (κ1) is 22.8. The first-order valence-electron chi connectivity index (χ1n) is 10.2. The van der Waals surface area contributed by atoms with Gasteiger partial charge in [-0.1, -0.05) is 22.9 Å². The number of aromatic nitrogens is 1. The number of thiazole rings is 1. The maximum absolute atomic E-state index is 12.9. The molecule has 0 saturated carbocycles. The molecule has 0 N–H and O–H groups in total. The van der Waals surface area contributed by atoms with Crippen molar-refractivity contribution in [2.75, 3.05) is 38.2 Å². The van der Waals surface area contributed by atoms with Crippen LogP contribution in [0.1, 0.15) is 24.2 Å². The summed E-state index contributed by atoms with van der Waals surface area (Å²) in [5.41, 5.74) is 1.23. The Morgan fingerprint density at radius 3 is 2.34 bits per heavy atom. The van der Waals surface area contributed by atoms with Gasteiger partial charge in [-0.05, 0) is 50.2 Å². The van der Waals surface area contributed by atoms with E-state index in [9.17, 15) is 13.2 Å². The van der Waals surface area contributed by atoms with Crippen molar-refractivity contribution in [2.45, 2.75) is 24.0 Å². The van der Waals surface area contributed by atoms with Crippen molar-refractivity contribution in [3.63, 3.8) is 0 Å². The zero-order valence-electron chi connectivity index (χ0n) is 18.0. The van der Waals surface area contributed by atoms with Crippen LogP contribution in [0.5, 0.6) is 5.75 Å². The van der Waals surface area contributed by atoms with Gasteiger partial charge >= 0.3 is 0 Å². The topological polar surface area (TPSA) is 79.8 Å². The zero-order chi connectivity index (χ0) is 23.0. The van der Waals surface area contributed by atoms with Gasteiger partial charge in [0.05, 0.1) is 27.0 Å². The Bertz CT molecular complexity index is 1250. The standard InChI is InChI=1S/C22H24ClN3O4S2/c1-14(2)32(28,29)16-6-4-15(5-7-16)21(27)25-10-12-26(13-11-25)22-24-19-18(30-3)9-8-17(23)20(19)31-22/h4-9,14H,10-13H2,1-3H3. The molecule has 0 unspecified atom stereocenters. The Morgan fingerprint density at radius 2 is 1.75 bits per heavy atom. The molecule has 1 aromatic heterocycles. The molecule has 0 radical (unpaired) electrons. The summed E-state index contributed by atoms with van der Waals surface area (Å²) in [6.07, 6.45) is 0. The number of benzene rings is 2. The second-order valence-corrected chi connectivity index (χ2v) is 11.7. The molecule has 2 heterocycles. The molecule has 2 aromatic carbocycles. The molecule has 3 aromatic rings. The third kappa shape index (κ3) is 4.16. The molecule has 10 heteroatoms. The largest absolute Gasteiger partial charge is 0.494 e. The SMILES string of the molecule is COc1ccc(Cl)c2sc(N3CCN(C(=O)c4ccc(S(=O)(=O)C(C)C)cc4)CC3)nc12. The number of methoxy groups -OCH3 is 1. The highest BCUT2D eigenvalue weighted by molar-refractivity contribution is 7.92.